The number of piperidine rings is 1. The minimum Gasteiger partial charge on any atom is -0.485 e. The lowest BCUT2D eigenvalue weighted by molar-refractivity contribution is 0.0102. The lowest BCUT2D eigenvalue weighted by Crippen LogP contribution is -2.47. The number of hydrogen-bond donors (Lipinski definition) is 0. The maximum Gasteiger partial charge on any atom is 0.150 e. The normalized spacial score (nSPS) is 21.8. The second-order valence-corrected chi connectivity index (χ2v) is 7.16. The average Bonchev–Trinajstić information content (AvgIpc) is 2.89. The van der Waals surface area contributed by atoms with Crippen molar-refractivity contribution in [2.24, 2.45) is 0 Å². The predicted molar refractivity (Wildman–Crippen MR) is 93.5 cm³/mol. The van der Waals surface area contributed by atoms with Gasteiger partial charge in [0.2, 0.25) is 0 Å². The maximum absolute atomic E-state index is 14.3. The summed E-state index contributed by atoms with van der Waals surface area (Å²) in [5.74, 6) is 0.624. The zero-order valence-corrected chi connectivity index (χ0v) is 14.5. The molecule has 1 saturated heterocycles. The summed E-state index contributed by atoms with van der Waals surface area (Å²) >= 11 is 0. The first-order valence-electron chi connectivity index (χ1n) is 8.65. The van der Waals surface area contributed by atoms with Gasteiger partial charge in [-0.2, -0.15) is 0 Å². The number of pyridine rings is 1. The van der Waals surface area contributed by atoms with Crippen LogP contribution in [0.1, 0.15) is 41.6 Å². The number of halogens is 1. The topological polar surface area (TPSA) is 42.4 Å². The van der Waals surface area contributed by atoms with Crippen LogP contribution in [0.25, 0.3) is 11.3 Å². The molecule has 1 atom stereocenters. The first kappa shape index (κ1) is 16.2. The first-order valence-corrected chi connectivity index (χ1v) is 8.65. The van der Waals surface area contributed by atoms with Crippen LogP contribution in [-0.4, -0.2) is 41.9 Å². The SMILES string of the molecule is CC1c2cc(-c3ccc(C=O)cc3F)ncc2OC12CCN(C)CC2. The Kier molecular flexibility index (Phi) is 3.84. The number of hydrogen-bond acceptors (Lipinski definition) is 4. The fourth-order valence-corrected chi connectivity index (χ4v) is 3.96. The Morgan fingerprint density at radius 1 is 1.32 bits per heavy atom. The van der Waals surface area contributed by atoms with Crippen LogP contribution in [-0.2, 0) is 0 Å². The number of carbonyl (C=O) groups excluding carboxylic acids is 1. The lowest BCUT2D eigenvalue weighted by Gasteiger charge is -2.40. The van der Waals surface area contributed by atoms with Gasteiger partial charge in [-0.3, -0.25) is 9.78 Å². The van der Waals surface area contributed by atoms with Gasteiger partial charge in [0.05, 0.1) is 11.9 Å². The zero-order chi connectivity index (χ0) is 17.6. The Labute approximate surface area is 146 Å². The number of benzene rings is 1. The summed E-state index contributed by atoms with van der Waals surface area (Å²) in [6, 6.07) is 6.40. The number of rotatable bonds is 2. The fraction of sp³-hybridized carbons (Fsp3) is 0.400. The Morgan fingerprint density at radius 2 is 2.08 bits per heavy atom. The minimum atomic E-state index is -0.433. The molecule has 0 aliphatic carbocycles. The Bertz CT molecular complexity index is 828. The summed E-state index contributed by atoms with van der Waals surface area (Å²) in [5, 5.41) is 0. The minimum absolute atomic E-state index is 0.172. The molecule has 2 aliphatic heterocycles. The summed E-state index contributed by atoms with van der Waals surface area (Å²) < 4.78 is 20.7. The van der Waals surface area contributed by atoms with Crippen LogP contribution in [0.2, 0.25) is 0 Å². The van der Waals surface area contributed by atoms with Crippen LogP contribution >= 0.6 is 0 Å². The molecule has 5 heteroatoms. The van der Waals surface area contributed by atoms with E-state index in [2.05, 4.69) is 23.9 Å². The molecule has 1 aromatic carbocycles. The number of aldehydes is 1. The van der Waals surface area contributed by atoms with Gasteiger partial charge in [0, 0.05) is 48.5 Å². The van der Waals surface area contributed by atoms with E-state index in [1.165, 1.54) is 6.07 Å². The molecule has 1 unspecified atom stereocenters. The highest BCUT2D eigenvalue weighted by Crippen LogP contribution is 2.49. The molecule has 2 aromatic rings. The second kappa shape index (κ2) is 5.92. The quantitative estimate of drug-likeness (QED) is 0.783. The van der Waals surface area contributed by atoms with E-state index in [4.69, 9.17) is 4.74 Å². The van der Waals surface area contributed by atoms with E-state index in [1.54, 1.807) is 18.3 Å². The van der Waals surface area contributed by atoms with Crippen molar-refractivity contribution < 1.29 is 13.9 Å². The number of aromatic nitrogens is 1. The van der Waals surface area contributed by atoms with E-state index >= 15 is 0 Å². The van der Waals surface area contributed by atoms with Crippen molar-refractivity contribution >= 4 is 6.29 Å². The molecule has 0 N–H and O–H groups in total. The summed E-state index contributed by atoms with van der Waals surface area (Å²) in [6.45, 7) is 4.22. The number of carbonyl (C=O) groups is 1. The van der Waals surface area contributed by atoms with Gasteiger partial charge in [-0.1, -0.05) is 13.0 Å². The van der Waals surface area contributed by atoms with Crippen molar-refractivity contribution in [2.75, 3.05) is 20.1 Å². The molecule has 25 heavy (non-hydrogen) atoms. The van der Waals surface area contributed by atoms with Crippen LogP contribution < -0.4 is 4.74 Å². The Balaban J connectivity index is 1.69. The number of ether oxygens (including phenoxy) is 1. The number of nitrogens with zero attached hydrogens (tertiary/aromatic N) is 2. The maximum atomic E-state index is 14.3. The van der Waals surface area contributed by atoms with E-state index in [0.717, 1.165) is 37.2 Å². The number of fused-ring (bicyclic) bond motifs is 1. The summed E-state index contributed by atoms with van der Waals surface area (Å²) in [6.07, 6.45) is 4.32. The number of likely N-dealkylation sites (tertiary alicyclic amines) is 1. The van der Waals surface area contributed by atoms with Crippen molar-refractivity contribution in [3.8, 4) is 17.0 Å². The summed E-state index contributed by atoms with van der Waals surface area (Å²) in [7, 11) is 2.13. The van der Waals surface area contributed by atoms with Gasteiger partial charge in [-0.05, 0) is 25.2 Å². The molecular weight excluding hydrogens is 319 g/mol. The molecule has 4 nitrogen and oxygen atoms in total. The average molecular weight is 340 g/mol. The van der Waals surface area contributed by atoms with E-state index in [9.17, 15) is 9.18 Å². The van der Waals surface area contributed by atoms with Crippen molar-refractivity contribution in [1.29, 1.82) is 0 Å². The van der Waals surface area contributed by atoms with Crippen LogP contribution in [0, 0.1) is 5.82 Å². The van der Waals surface area contributed by atoms with E-state index < -0.39 is 5.82 Å². The zero-order valence-electron chi connectivity index (χ0n) is 14.5. The van der Waals surface area contributed by atoms with Crippen molar-refractivity contribution in [1.82, 2.24) is 9.88 Å². The molecule has 1 fully saturated rings. The molecule has 130 valence electrons. The van der Waals surface area contributed by atoms with Gasteiger partial charge in [0.1, 0.15) is 23.5 Å². The molecule has 1 aromatic heterocycles. The first-order chi connectivity index (χ1) is 12.0. The Morgan fingerprint density at radius 3 is 2.76 bits per heavy atom. The third-order valence-corrected chi connectivity index (χ3v) is 5.71. The second-order valence-electron chi connectivity index (χ2n) is 7.16. The molecule has 1 spiro atoms. The molecule has 3 heterocycles. The monoisotopic (exact) mass is 340 g/mol. The molecule has 0 bridgehead atoms. The van der Waals surface area contributed by atoms with Crippen molar-refractivity contribution in [2.45, 2.75) is 31.3 Å². The third kappa shape index (κ3) is 2.63. The largest absolute Gasteiger partial charge is 0.485 e. The van der Waals surface area contributed by atoms with Gasteiger partial charge in [0.15, 0.2) is 0 Å². The third-order valence-electron chi connectivity index (χ3n) is 5.71. The van der Waals surface area contributed by atoms with Gasteiger partial charge < -0.3 is 9.64 Å². The highest BCUT2D eigenvalue weighted by Gasteiger charge is 2.47. The van der Waals surface area contributed by atoms with Crippen LogP contribution in [0.4, 0.5) is 4.39 Å². The molecule has 0 saturated carbocycles. The highest BCUT2D eigenvalue weighted by molar-refractivity contribution is 5.77. The van der Waals surface area contributed by atoms with E-state index in [0.29, 0.717) is 23.1 Å². The van der Waals surface area contributed by atoms with E-state index in [-0.39, 0.29) is 11.5 Å². The molecule has 0 amide bonds. The smallest absolute Gasteiger partial charge is 0.150 e. The van der Waals surface area contributed by atoms with Crippen LogP contribution in [0.5, 0.6) is 5.75 Å². The van der Waals surface area contributed by atoms with Crippen LogP contribution in [0.3, 0.4) is 0 Å². The highest BCUT2D eigenvalue weighted by atomic mass is 19.1. The molecule has 0 radical (unpaired) electrons. The summed E-state index contributed by atoms with van der Waals surface area (Å²) in [4.78, 5) is 17.5. The molecular formula is C20H21FN2O2. The van der Waals surface area contributed by atoms with Gasteiger partial charge in [-0.15, -0.1) is 0 Å². The van der Waals surface area contributed by atoms with Crippen LogP contribution in [0.15, 0.2) is 30.5 Å². The summed E-state index contributed by atoms with van der Waals surface area (Å²) in [5.41, 5.74) is 2.23. The Hall–Kier alpha value is -2.27. The van der Waals surface area contributed by atoms with Crippen molar-refractivity contribution in [3.05, 3.63) is 47.4 Å². The van der Waals surface area contributed by atoms with Gasteiger partial charge in [0.25, 0.3) is 0 Å². The fourth-order valence-electron chi connectivity index (χ4n) is 3.96. The molecule has 2 aliphatic rings. The van der Waals surface area contributed by atoms with Gasteiger partial charge >= 0.3 is 0 Å². The van der Waals surface area contributed by atoms with E-state index in [1.807, 2.05) is 6.07 Å². The lowest BCUT2D eigenvalue weighted by atomic mass is 9.79. The van der Waals surface area contributed by atoms with Gasteiger partial charge in [-0.25, -0.2) is 4.39 Å². The van der Waals surface area contributed by atoms with Crippen molar-refractivity contribution in [3.63, 3.8) is 0 Å². The predicted octanol–water partition coefficient (Wildman–Crippen LogP) is 3.66. The molecule has 4 rings (SSSR count). The standard InChI is InChI=1S/C20H21FN2O2/c1-13-16-10-18(15-4-3-14(12-24)9-17(15)21)22-11-19(16)25-20(13)5-7-23(2)8-6-20/h3-4,9-13H,5-8H2,1-2H3.